The van der Waals surface area contributed by atoms with Gasteiger partial charge in [-0.2, -0.15) is 0 Å². The topological polar surface area (TPSA) is 64.4 Å². The highest BCUT2D eigenvalue weighted by Gasteiger charge is 2.18. The number of hydrogen-bond acceptors (Lipinski definition) is 4. The molecule has 1 saturated heterocycles. The number of nitro benzene ring substituents is 1. The van der Waals surface area contributed by atoms with Gasteiger partial charge < -0.3 is 10.1 Å². The van der Waals surface area contributed by atoms with Crippen molar-refractivity contribution >= 4 is 5.69 Å². The van der Waals surface area contributed by atoms with Crippen molar-refractivity contribution in [2.75, 3.05) is 13.2 Å². The van der Waals surface area contributed by atoms with Gasteiger partial charge in [0.2, 0.25) is 0 Å². The molecule has 92 valence electrons. The van der Waals surface area contributed by atoms with Crippen LogP contribution >= 0.6 is 0 Å². The van der Waals surface area contributed by atoms with Gasteiger partial charge in [-0.1, -0.05) is 6.07 Å². The Kier molecular flexibility index (Phi) is 3.58. The predicted molar refractivity (Wildman–Crippen MR) is 64.4 cm³/mol. The van der Waals surface area contributed by atoms with Crippen LogP contribution in [0.15, 0.2) is 18.2 Å². The number of nitrogens with zero attached hydrogens (tertiary/aromatic N) is 1. The minimum absolute atomic E-state index is 0.0357. The zero-order valence-electron chi connectivity index (χ0n) is 9.81. The van der Waals surface area contributed by atoms with Crippen LogP contribution in [-0.2, 0) is 0 Å². The number of rotatable bonds is 4. The van der Waals surface area contributed by atoms with Crippen molar-refractivity contribution in [3.05, 3.63) is 33.9 Å². The number of nitro groups is 1. The monoisotopic (exact) mass is 236 g/mol. The van der Waals surface area contributed by atoms with E-state index in [1.165, 1.54) is 6.07 Å². The summed E-state index contributed by atoms with van der Waals surface area (Å²) in [6.07, 6.45) is 2.21. The third-order valence-corrected chi connectivity index (χ3v) is 2.91. The molecule has 1 unspecified atom stereocenters. The number of aryl methyl sites for hydroxylation is 1. The van der Waals surface area contributed by atoms with Gasteiger partial charge >= 0.3 is 5.69 Å². The van der Waals surface area contributed by atoms with Crippen LogP contribution < -0.4 is 10.1 Å². The van der Waals surface area contributed by atoms with E-state index < -0.39 is 4.92 Å². The molecule has 17 heavy (non-hydrogen) atoms. The van der Waals surface area contributed by atoms with Gasteiger partial charge in [0.25, 0.3) is 0 Å². The van der Waals surface area contributed by atoms with Gasteiger partial charge in [-0.15, -0.1) is 0 Å². The van der Waals surface area contributed by atoms with Crippen LogP contribution in [0.25, 0.3) is 0 Å². The number of benzene rings is 1. The molecule has 1 aliphatic heterocycles. The van der Waals surface area contributed by atoms with Crippen molar-refractivity contribution in [2.24, 2.45) is 0 Å². The summed E-state index contributed by atoms with van der Waals surface area (Å²) in [4.78, 5) is 10.4. The Balaban J connectivity index is 2.07. The van der Waals surface area contributed by atoms with Crippen LogP contribution in [0, 0.1) is 17.0 Å². The molecule has 0 amide bonds. The first-order chi connectivity index (χ1) is 8.16. The van der Waals surface area contributed by atoms with Crippen molar-refractivity contribution in [3.63, 3.8) is 0 Å². The molecule has 1 atom stereocenters. The zero-order chi connectivity index (χ0) is 12.3. The molecule has 0 radical (unpaired) electrons. The first kappa shape index (κ1) is 11.9. The highest BCUT2D eigenvalue weighted by molar-refractivity contribution is 5.48. The van der Waals surface area contributed by atoms with E-state index in [1.807, 2.05) is 6.92 Å². The van der Waals surface area contributed by atoms with Crippen LogP contribution in [0.5, 0.6) is 5.75 Å². The molecular formula is C12H16N2O3. The van der Waals surface area contributed by atoms with Crippen LogP contribution in [0.3, 0.4) is 0 Å². The zero-order valence-corrected chi connectivity index (χ0v) is 9.81. The second kappa shape index (κ2) is 5.14. The average Bonchev–Trinajstić information content (AvgIpc) is 2.78. The SMILES string of the molecule is Cc1ccc([N+](=O)[O-])c(OCC2CCCN2)c1. The number of hydrogen-bond donors (Lipinski definition) is 1. The fourth-order valence-corrected chi connectivity index (χ4v) is 1.98. The van der Waals surface area contributed by atoms with Crippen molar-refractivity contribution < 1.29 is 9.66 Å². The van der Waals surface area contributed by atoms with Crippen LogP contribution in [-0.4, -0.2) is 24.1 Å². The molecule has 0 aliphatic carbocycles. The summed E-state index contributed by atoms with van der Waals surface area (Å²) in [6, 6.07) is 5.24. The molecule has 5 nitrogen and oxygen atoms in total. The molecule has 1 heterocycles. The summed E-state index contributed by atoms with van der Waals surface area (Å²) >= 11 is 0. The van der Waals surface area contributed by atoms with Crippen LogP contribution in [0.1, 0.15) is 18.4 Å². The first-order valence-corrected chi connectivity index (χ1v) is 5.78. The Morgan fingerprint density at radius 3 is 3.06 bits per heavy atom. The highest BCUT2D eigenvalue weighted by atomic mass is 16.6. The van der Waals surface area contributed by atoms with E-state index >= 15 is 0 Å². The fourth-order valence-electron chi connectivity index (χ4n) is 1.98. The molecule has 2 rings (SSSR count). The molecule has 1 aromatic rings. The van der Waals surface area contributed by atoms with E-state index in [1.54, 1.807) is 12.1 Å². The lowest BCUT2D eigenvalue weighted by molar-refractivity contribution is -0.385. The summed E-state index contributed by atoms with van der Waals surface area (Å²) in [5, 5.41) is 14.1. The van der Waals surface area contributed by atoms with E-state index in [0.717, 1.165) is 24.9 Å². The summed E-state index contributed by atoms with van der Waals surface area (Å²) < 4.78 is 5.56. The Labute approximate surface area is 99.9 Å². The third kappa shape index (κ3) is 2.94. The number of nitrogens with one attached hydrogen (secondary N) is 1. The molecular weight excluding hydrogens is 220 g/mol. The highest BCUT2D eigenvalue weighted by Crippen LogP contribution is 2.28. The van der Waals surface area contributed by atoms with Gasteiger partial charge in [-0.25, -0.2) is 0 Å². The van der Waals surface area contributed by atoms with Gasteiger partial charge in [0, 0.05) is 12.1 Å². The predicted octanol–water partition coefficient (Wildman–Crippen LogP) is 2.03. The summed E-state index contributed by atoms with van der Waals surface area (Å²) in [5.41, 5.74) is 0.999. The van der Waals surface area contributed by atoms with Gasteiger partial charge in [-0.05, 0) is 37.9 Å². The average molecular weight is 236 g/mol. The molecule has 0 spiro atoms. The molecule has 1 aliphatic rings. The second-order valence-electron chi connectivity index (χ2n) is 4.33. The van der Waals surface area contributed by atoms with Gasteiger partial charge in [0.15, 0.2) is 5.75 Å². The van der Waals surface area contributed by atoms with Gasteiger partial charge in [-0.3, -0.25) is 10.1 Å². The van der Waals surface area contributed by atoms with Crippen molar-refractivity contribution in [1.82, 2.24) is 5.32 Å². The van der Waals surface area contributed by atoms with Crippen molar-refractivity contribution in [2.45, 2.75) is 25.8 Å². The molecule has 0 bridgehead atoms. The lowest BCUT2D eigenvalue weighted by Gasteiger charge is -2.12. The largest absolute Gasteiger partial charge is 0.485 e. The molecule has 1 aromatic carbocycles. The standard InChI is InChI=1S/C12H16N2O3/c1-9-4-5-11(14(15)16)12(7-9)17-8-10-3-2-6-13-10/h4-5,7,10,13H,2-3,6,8H2,1H3. The Bertz CT molecular complexity index is 414. The molecule has 5 heteroatoms. The summed E-state index contributed by atoms with van der Waals surface area (Å²) in [5.74, 6) is 0.365. The second-order valence-corrected chi connectivity index (χ2v) is 4.33. The third-order valence-electron chi connectivity index (χ3n) is 2.91. The lowest BCUT2D eigenvalue weighted by Crippen LogP contribution is -2.28. The molecule has 1 fully saturated rings. The summed E-state index contributed by atoms with van der Waals surface area (Å²) in [6.45, 7) is 3.39. The maximum atomic E-state index is 10.8. The quantitative estimate of drug-likeness (QED) is 0.641. The van der Waals surface area contributed by atoms with Crippen molar-refractivity contribution in [3.8, 4) is 5.75 Å². The minimum atomic E-state index is -0.406. The molecule has 0 aromatic heterocycles. The maximum Gasteiger partial charge on any atom is 0.310 e. The van der Waals surface area contributed by atoms with E-state index in [0.29, 0.717) is 18.4 Å². The number of ether oxygens (including phenoxy) is 1. The van der Waals surface area contributed by atoms with Crippen LogP contribution in [0.4, 0.5) is 5.69 Å². The van der Waals surface area contributed by atoms with E-state index in [-0.39, 0.29) is 5.69 Å². The smallest absolute Gasteiger partial charge is 0.310 e. The van der Waals surface area contributed by atoms with Crippen LogP contribution in [0.2, 0.25) is 0 Å². The van der Waals surface area contributed by atoms with E-state index in [4.69, 9.17) is 4.74 Å². The Morgan fingerprint density at radius 1 is 1.59 bits per heavy atom. The van der Waals surface area contributed by atoms with Crippen molar-refractivity contribution in [1.29, 1.82) is 0 Å². The lowest BCUT2D eigenvalue weighted by atomic mass is 10.2. The normalized spacial score (nSPS) is 19.2. The molecule has 0 saturated carbocycles. The Hall–Kier alpha value is -1.62. The Morgan fingerprint density at radius 2 is 2.41 bits per heavy atom. The summed E-state index contributed by atoms with van der Waals surface area (Å²) in [7, 11) is 0. The van der Waals surface area contributed by atoms with Gasteiger partial charge in [0.1, 0.15) is 6.61 Å². The van der Waals surface area contributed by atoms with E-state index in [9.17, 15) is 10.1 Å². The minimum Gasteiger partial charge on any atom is -0.485 e. The van der Waals surface area contributed by atoms with E-state index in [2.05, 4.69) is 5.32 Å². The fraction of sp³-hybridized carbons (Fsp3) is 0.500. The molecule has 1 N–H and O–H groups in total. The maximum absolute atomic E-state index is 10.8. The van der Waals surface area contributed by atoms with Gasteiger partial charge in [0.05, 0.1) is 4.92 Å². The first-order valence-electron chi connectivity index (χ1n) is 5.78.